The molecule has 20 heteroatoms. The van der Waals surface area contributed by atoms with Gasteiger partial charge in [0.15, 0.2) is 11.2 Å². The second kappa shape index (κ2) is 17.5. The van der Waals surface area contributed by atoms with Crippen molar-refractivity contribution < 1.29 is 42.4 Å². The summed E-state index contributed by atoms with van der Waals surface area (Å²) in [4.78, 5) is 50.8. The Bertz CT molecular complexity index is 2710. The number of fused-ring (bicyclic) bond motifs is 1. The van der Waals surface area contributed by atoms with Crippen LogP contribution in [0.4, 0.5) is 5.95 Å². The third kappa shape index (κ3) is 8.48. The maximum absolute atomic E-state index is 14.2. The molecule has 8 rings (SSSR count). The third-order valence-electron chi connectivity index (χ3n) is 11.0. The zero-order valence-electron chi connectivity index (χ0n) is 34.2. The van der Waals surface area contributed by atoms with E-state index in [0.717, 1.165) is 16.7 Å². The molecule has 2 aliphatic rings. The van der Waals surface area contributed by atoms with Crippen molar-refractivity contribution in [2.75, 3.05) is 39.8 Å². The SMILES string of the molecule is COc1ccc(C(OC[C@H]2O[C@@H](n3cc(C)c(=O)[nH]c3=O)C[C@@H]2OP(C)(=O)OC[C@H]2O[C@@H](n3cnc4c(=O)[nH]c(N)nc43)C[C@@H]2O)(c2ccccc2)c2ccc(OC)cc2)cc1. The number of aliphatic hydroxyl groups excluding tert-OH is 1. The van der Waals surface area contributed by atoms with Gasteiger partial charge in [0.1, 0.15) is 41.8 Å². The number of aliphatic hydroxyl groups is 1. The van der Waals surface area contributed by atoms with Gasteiger partial charge in [0, 0.05) is 31.3 Å². The Labute approximate surface area is 353 Å². The van der Waals surface area contributed by atoms with E-state index in [0.29, 0.717) is 11.5 Å². The topological polar surface area (TPSA) is 246 Å². The number of benzene rings is 3. The average Bonchev–Trinajstić information content (AvgIpc) is 3.98. The number of aromatic amines is 2. The van der Waals surface area contributed by atoms with E-state index in [9.17, 15) is 24.1 Å². The third-order valence-corrected chi connectivity index (χ3v) is 12.3. The van der Waals surface area contributed by atoms with E-state index < -0.39 is 66.9 Å². The predicted octanol–water partition coefficient (Wildman–Crippen LogP) is 3.75. The molecule has 0 spiro atoms. The maximum atomic E-state index is 14.2. The van der Waals surface area contributed by atoms with Gasteiger partial charge in [-0.3, -0.25) is 33.3 Å². The van der Waals surface area contributed by atoms with E-state index in [1.165, 1.54) is 28.3 Å². The number of aryl methyl sites for hydroxylation is 1. The lowest BCUT2D eigenvalue weighted by Crippen LogP contribution is -2.38. The van der Waals surface area contributed by atoms with Crippen molar-refractivity contribution in [3.8, 4) is 11.5 Å². The molecule has 3 aromatic heterocycles. The molecule has 0 amide bonds. The molecule has 19 nitrogen and oxygen atoms in total. The molecule has 2 saturated heterocycles. The lowest BCUT2D eigenvalue weighted by molar-refractivity contribution is -0.0932. The van der Waals surface area contributed by atoms with Crippen LogP contribution >= 0.6 is 7.60 Å². The van der Waals surface area contributed by atoms with Crippen molar-refractivity contribution in [1.29, 1.82) is 0 Å². The van der Waals surface area contributed by atoms with E-state index in [2.05, 4.69) is 19.9 Å². The summed E-state index contributed by atoms with van der Waals surface area (Å²) in [5, 5.41) is 11.0. The summed E-state index contributed by atoms with van der Waals surface area (Å²) in [6.45, 7) is 2.36. The molecule has 1 unspecified atom stereocenters. The molecule has 0 aliphatic carbocycles. The Hall–Kier alpha value is -5.92. The minimum atomic E-state index is -3.99. The first-order valence-corrected chi connectivity index (χ1v) is 21.7. The first-order valence-electron chi connectivity index (χ1n) is 19.7. The van der Waals surface area contributed by atoms with Gasteiger partial charge in [0.05, 0.1) is 46.0 Å². The van der Waals surface area contributed by atoms with E-state index in [1.807, 2.05) is 78.9 Å². The number of nitrogen functional groups attached to an aromatic ring is 1. The van der Waals surface area contributed by atoms with Crippen molar-refractivity contribution in [1.82, 2.24) is 29.1 Å². The number of hydrogen-bond donors (Lipinski definition) is 4. The number of hydrogen-bond acceptors (Lipinski definition) is 15. The van der Waals surface area contributed by atoms with Crippen molar-refractivity contribution in [3.63, 3.8) is 0 Å². The molecule has 0 saturated carbocycles. The quantitative estimate of drug-likeness (QED) is 0.0848. The van der Waals surface area contributed by atoms with Crippen LogP contribution in [0, 0.1) is 6.92 Å². The normalized spacial score (nSPS) is 22.5. The zero-order chi connectivity index (χ0) is 43.8. The van der Waals surface area contributed by atoms with E-state index in [1.54, 1.807) is 21.1 Å². The molecule has 2 aliphatic heterocycles. The maximum Gasteiger partial charge on any atom is 0.330 e. The molecule has 5 N–H and O–H groups in total. The van der Waals surface area contributed by atoms with Gasteiger partial charge in [-0.05, 0) is 47.9 Å². The summed E-state index contributed by atoms with van der Waals surface area (Å²) in [6, 6.07) is 24.6. The number of nitrogens with two attached hydrogens (primary N) is 1. The highest BCUT2D eigenvalue weighted by molar-refractivity contribution is 7.53. The molecule has 2 fully saturated rings. The van der Waals surface area contributed by atoms with Crippen LogP contribution in [0.3, 0.4) is 0 Å². The minimum Gasteiger partial charge on any atom is -0.497 e. The van der Waals surface area contributed by atoms with Crippen LogP contribution in [0.1, 0.15) is 47.6 Å². The Morgan fingerprint density at radius 2 is 1.45 bits per heavy atom. The van der Waals surface area contributed by atoms with Crippen molar-refractivity contribution >= 4 is 24.7 Å². The van der Waals surface area contributed by atoms with Crippen LogP contribution < -0.4 is 32.0 Å². The number of imidazole rings is 1. The Morgan fingerprint density at radius 3 is 2.10 bits per heavy atom. The monoisotopic (exact) mass is 871 g/mol. The average molecular weight is 872 g/mol. The summed E-state index contributed by atoms with van der Waals surface area (Å²) in [5.74, 6) is 1.17. The number of aromatic nitrogens is 6. The molecule has 6 aromatic rings. The first-order chi connectivity index (χ1) is 29.8. The fourth-order valence-electron chi connectivity index (χ4n) is 7.89. The van der Waals surface area contributed by atoms with Gasteiger partial charge >= 0.3 is 13.3 Å². The lowest BCUT2D eigenvalue weighted by atomic mass is 9.80. The number of rotatable bonds is 15. The van der Waals surface area contributed by atoms with E-state index in [-0.39, 0.29) is 48.7 Å². The van der Waals surface area contributed by atoms with Gasteiger partial charge in [-0.1, -0.05) is 54.6 Å². The highest BCUT2D eigenvalue weighted by Crippen LogP contribution is 2.50. The smallest absolute Gasteiger partial charge is 0.330 e. The second-order valence-corrected chi connectivity index (χ2v) is 17.1. The standard InChI is InChI=1S/C42H46N7O12P/c1-24-20-48(41(53)47-38(24)51)35-19-31(61-62(4,54)58-22-32-30(50)18-34(59-32)49-23-44-36-37(49)45-40(43)46-39(36)52)33(60-35)21-57-42(25-8-6-5-7-9-25,26-10-14-28(55-2)15-11-26)27-12-16-29(56-3)17-13-27/h5-17,20,23,30-35,50H,18-19,21-22H2,1-4H3,(H,47,51,53)(H3,43,45,46,52)/t30-,31-,32+,33+,34+,35+,62?/m0/s1. The van der Waals surface area contributed by atoms with Crippen LogP contribution in [0.15, 0.2) is 106 Å². The Kier molecular flexibility index (Phi) is 12.0. The molecule has 0 bridgehead atoms. The Morgan fingerprint density at radius 1 is 0.839 bits per heavy atom. The predicted molar refractivity (Wildman–Crippen MR) is 224 cm³/mol. The Balaban J connectivity index is 1.08. The number of ether oxygens (including phenoxy) is 5. The molecule has 3 aromatic carbocycles. The fraction of sp³-hybridized carbons (Fsp3) is 0.357. The summed E-state index contributed by atoms with van der Waals surface area (Å²) in [6.07, 6.45) is -2.85. The lowest BCUT2D eigenvalue weighted by Gasteiger charge is -2.37. The second-order valence-electron chi connectivity index (χ2n) is 15.1. The van der Waals surface area contributed by atoms with E-state index in [4.69, 9.17) is 38.5 Å². The number of H-pyrrole nitrogens is 2. The van der Waals surface area contributed by atoms with Crippen LogP contribution in [0.2, 0.25) is 0 Å². The molecule has 7 atom stereocenters. The number of anilines is 1. The van der Waals surface area contributed by atoms with Gasteiger partial charge in [0.2, 0.25) is 5.95 Å². The van der Waals surface area contributed by atoms with Crippen molar-refractivity contribution in [2.24, 2.45) is 0 Å². The van der Waals surface area contributed by atoms with Gasteiger partial charge in [-0.15, -0.1) is 0 Å². The van der Waals surface area contributed by atoms with Gasteiger partial charge in [-0.25, -0.2) is 9.78 Å². The fourth-order valence-corrected chi connectivity index (χ4v) is 9.08. The zero-order valence-corrected chi connectivity index (χ0v) is 35.1. The van der Waals surface area contributed by atoms with E-state index >= 15 is 0 Å². The molecule has 5 heterocycles. The van der Waals surface area contributed by atoms with Gasteiger partial charge in [-0.2, -0.15) is 4.98 Å². The van der Waals surface area contributed by atoms with Crippen molar-refractivity contribution in [2.45, 2.75) is 62.2 Å². The first kappa shape index (κ1) is 42.8. The van der Waals surface area contributed by atoms with Crippen LogP contribution in [-0.2, 0) is 33.4 Å². The summed E-state index contributed by atoms with van der Waals surface area (Å²) >= 11 is 0. The minimum absolute atomic E-state index is 0.0115. The molecular weight excluding hydrogens is 825 g/mol. The molecular formula is C42H46N7O12P. The highest BCUT2D eigenvalue weighted by Gasteiger charge is 2.45. The van der Waals surface area contributed by atoms with Crippen LogP contribution in [-0.4, -0.2) is 92.7 Å². The van der Waals surface area contributed by atoms with Gasteiger partial charge < -0.3 is 43.6 Å². The molecule has 326 valence electrons. The number of nitrogens with one attached hydrogen (secondary N) is 2. The number of nitrogens with zero attached hydrogens (tertiary/aromatic N) is 4. The van der Waals surface area contributed by atoms with Crippen molar-refractivity contribution in [3.05, 3.63) is 145 Å². The van der Waals surface area contributed by atoms with Gasteiger partial charge in [0.25, 0.3) is 11.1 Å². The number of methoxy groups -OCH3 is 2. The molecule has 0 radical (unpaired) electrons. The summed E-state index contributed by atoms with van der Waals surface area (Å²) in [5.41, 5.74) is 5.52. The largest absolute Gasteiger partial charge is 0.497 e. The highest BCUT2D eigenvalue weighted by atomic mass is 31.2. The summed E-state index contributed by atoms with van der Waals surface area (Å²) < 4.78 is 59.8. The summed E-state index contributed by atoms with van der Waals surface area (Å²) in [7, 11) is -0.820. The van der Waals surface area contributed by atoms with Crippen LogP contribution in [0.5, 0.6) is 11.5 Å². The van der Waals surface area contributed by atoms with Crippen LogP contribution in [0.25, 0.3) is 11.2 Å². The molecule has 62 heavy (non-hydrogen) atoms.